The highest BCUT2D eigenvalue weighted by Crippen LogP contribution is 2.27. The number of hydrogen-bond donors (Lipinski definition) is 0. The first kappa shape index (κ1) is 7.49. The third-order valence-corrected chi connectivity index (χ3v) is 2.46. The predicted molar refractivity (Wildman–Crippen MR) is 46.1 cm³/mol. The van der Waals surface area contributed by atoms with Crippen LogP contribution in [0.4, 0.5) is 4.39 Å². The molecule has 0 amide bonds. The predicted octanol–water partition coefficient (Wildman–Crippen LogP) is 2.44. The molecule has 2 rings (SSSR count). The van der Waals surface area contributed by atoms with Gasteiger partial charge in [-0.25, -0.2) is 9.37 Å². The first-order valence-electron chi connectivity index (χ1n) is 3.38. The van der Waals surface area contributed by atoms with Crippen molar-refractivity contribution in [3.63, 3.8) is 0 Å². The van der Waals surface area contributed by atoms with E-state index >= 15 is 0 Å². The minimum absolute atomic E-state index is 0.270. The van der Waals surface area contributed by atoms with Crippen molar-refractivity contribution in [3.05, 3.63) is 23.5 Å². The number of thiazole rings is 1. The average molecular weight is 183 g/mol. The van der Waals surface area contributed by atoms with Gasteiger partial charge in [0.25, 0.3) is 0 Å². The van der Waals surface area contributed by atoms with Gasteiger partial charge in [-0.15, -0.1) is 11.3 Å². The smallest absolute Gasteiger partial charge is 0.184 e. The van der Waals surface area contributed by atoms with Crippen molar-refractivity contribution in [2.45, 2.75) is 0 Å². The number of hydrogen-bond acceptors (Lipinski definition) is 3. The van der Waals surface area contributed by atoms with Crippen molar-refractivity contribution in [1.82, 2.24) is 4.98 Å². The van der Waals surface area contributed by atoms with E-state index in [9.17, 15) is 4.39 Å². The number of fused-ring (bicyclic) bond motifs is 1. The van der Waals surface area contributed by atoms with Crippen LogP contribution < -0.4 is 4.74 Å². The van der Waals surface area contributed by atoms with E-state index in [0.29, 0.717) is 10.2 Å². The number of ether oxygens (including phenoxy) is 1. The zero-order valence-corrected chi connectivity index (χ0v) is 7.19. The molecule has 0 saturated heterocycles. The third kappa shape index (κ3) is 0.956. The summed E-state index contributed by atoms with van der Waals surface area (Å²) in [7, 11) is 1.45. The van der Waals surface area contributed by atoms with Crippen molar-refractivity contribution in [2.75, 3.05) is 7.11 Å². The van der Waals surface area contributed by atoms with E-state index in [1.807, 2.05) is 0 Å². The second-order valence-electron chi connectivity index (χ2n) is 2.28. The highest BCUT2D eigenvalue weighted by molar-refractivity contribution is 7.16. The van der Waals surface area contributed by atoms with Gasteiger partial charge >= 0.3 is 0 Å². The lowest BCUT2D eigenvalue weighted by atomic mass is 10.3. The fourth-order valence-electron chi connectivity index (χ4n) is 1.04. The summed E-state index contributed by atoms with van der Waals surface area (Å²) in [6.07, 6.45) is 0. The van der Waals surface area contributed by atoms with E-state index in [-0.39, 0.29) is 11.6 Å². The van der Waals surface area contributed by atoms with E-state index in [1.165, 1.54) is 18.4 Å². The summed E-state index contributed by atoms with van der Waals surface area (Å²) in [5.41, 5.74) is 2.30. The van der Waals surface area contributed by atoms with Gasteiger partial charge in [-0.2, -0.15) is 0 Å². The molecule has 62 valence electrons. The number of benzene rings is 1. The molecular weight excluding hydrogens is 177 g/mol. The van der Waals surface area contributed by atoms with Crippen LogP contribution in [-0.2, 0) is 0 Å². The van der Waals surface area contributed by atoms with Gasteiger partial charge in [0, 0.05) is 0 Å². The van der Waals surface area contributed by atoms with Crippen LogP contribution in [0, 0.1) is 5.82 Å². The lowest BCUT2D eigenvalue weighted by molar-refractivity contribution is 0.389. The molecule has 1 aromatic heterocycles. The minimum atomic E-state index is -0.322. The number of methoxy groups -OCH3 is 1. The summed E-state index contributed by atoms with van der Waals surface area (Å²) in [5, 5.41) is 0. The van der Waals surface area contributed by atoms with Gasteiger partial charge in [0.05, 0.1) is 22.8 Å². The van der Waals surface area contributed by atoms with E-state index < -0.39 is 0 Å². The van der Waals surface area contributed by atoms with E-state index in [0.717, 1.165) is 0 Å². The normalized spacial score (nSPS) is 10.5. The summed E-state index contributed by atoms with van der Waals surface area (Å²) in [6, 6.07) is 3.32. The summed E-state index contributed by atoms with van der Waals surface area (Å²) >= 11 is 1.28. The molecule has 2 nitrogen and oxygen atoms in total. The maximum Gasteiger partial charge on any atom is 0.184 e. The van der Waals surface area contributed by atoms with Gasteiger partial charge in [-0.05, 0) is 12.1 Å². The SMILES string of the molecule is COc1ccc2ncsc2c1F. The fourth-order valence-corrected chi connectivity index (χ4v) is 1.75. The lowest BCUT2D eigenvalue weighted by Gasteiger charge is -1.99. The Morgan fingerprint density at radius 3 is 3.08 bits per heavy atom. The topological polar surface area (TPSA) is 22.1 Å². The Hall–Kier alpha value is -1.16. The molecule has 1 aromatic carbocycles. The van der Waals surface area contributed by atoms with Crippen LogP contribution >= 0.6 is 11.3 Å². The number of aromatic nitrogens is 1. The highest BCUT2D eigenvalue weighted by Gasteiger charge is 2.08. The van der Waals surface area contributed by atoms with Crippen LogP contribution in [0.2, 0.25) is 0 Å². The molecule has 1 heterocycles. The molecule has 0 fully saturated rings. The van der Waals surface area contributed by atoms with Crippen molar-refractivity contribution in [2.24, 2.45) is 0 Å². The maximum absolute atomic E-state index is 13.3. The molecule has 4 heteroatoms. The van der Waals surface area contributed by atoms with Gasteiger partial charge in [0.2, 0.25) is 0 Å². The van der Waals surface area contributed by atoms with E-state index in [4.69, 9.17) is 4.74 Å². The minimum Gasteiger partial charge on any atom is -0.494 e. The summed E-state index contributed by atoms with van der Waals surface area (Å²) in [6.45, 7) is 0. The van der Waals surface area contributed by atoms with Crippen LogP contribution in [0.3, 0.4) is 0 Å². The van der Waals surface area contributed by atoms with Crippen LogP contribution in [-0.4, -0.2) is 12.1 Å². The van der Waals surface area contributed by atoms with Crippen molar-refractivity contribution >= 4 is 21.6 Å². The Labute approximate surface area is 72.6 Å². The van der Waals surface area contributed by atoms with Gasteiger partial charge in [0.1, 0.15) is 0 Å². The molecule has 0 N–H and O–H groups in total. The Morgan fingerprint density at radius 2 is 2.33 bits per heavy atom. The Morgan fingerprint density at radius 1 is 1.50 bits per heavy atom. The molecule has 0 atom stereocenters. The molecule has 0 bridgehead atoms. The van der Waals surface area contributed by atoms with Gasteiger partial charge in [-0.1, -0.05) is 0 Å². The Bertz CT molecular complexity index is 412. The molecular formula is C8H6FNOS. The standard InChI is InChI=1S/C8H6FNOS/c1-11-6-3-2-5-8(7(6)9)12-4-10-5/h2-4H,1H3. The van der Waals surface area contributed by atoms with Gasteiger partial charge in [0.15, 0.2) is 11.6 Å². The van der Waals surface area contributed by atoms with Crippen LogP contribution in [0.15, 0.2) is 17.6 Å². The van der Waals surface area contributed by atoms with Gasteiger partial charge < -0.3 is 4.74 Å². The number of nitrogens with zero attached hydrogens (tertiary/aromatic N) is 1. The average Bonchev–Trinajstić information content (AvgIpc) is 2.53. The monoisotopic (exact) mass is 183 g/mol. The molecule has 12 heavy (non-hydrogen) atoms. The van der Waals surface area contributed by atoms with Crippen LogP contribution in [0.5, 0.6) is 5.75 Å². The van der Waals surface area contributed by atoms with Crippen LogP contribution in [0.1, 0.15) is 0 Å². The molecule has 2 aromatic rings. The molecule has 0 unspecified atom stereocenters. The lowest BCUT2D eigenvalue weighted by Crippen LogP contribution is -1.86. The third-order valence-electron chi connectivity index (χ3n) is 1.62. The number of halogens is 1. The first-order chi connectivity index (χ1) is 5.83. The molecule has 0 aliphatic carbocycles. The van der Waals surface area contributed by atoms with Crippen molar-refractivity contribution in [1.29, 1.82) is 0 Å². The Kier molecular flexibility index (Phi) is 1.69. The van der Waals surface area contributed by atoms with E-state index in [2.05, 4.69) is 4.98 Å². The second kappa shape index (κ2) is 2.71. The first-order valence-corrected chi connectivity index (χ1v) is 4.26. The molecule has 0 saturated carbocycles. The quantitative estimate of drug-likeness (QED) is 0.677. The largest absolute Gasteiger partial charge is 0.494 e. The molecule has 0 aliphatic rings. The zero-order chi connectivity index (χ0) is 8.55. The second-order valence-corrected chi connectivity index (χ2v) is 3.14. The number of rotatable bonds is 1. The van der Waals surface area contributed by atoms with Crippen molar-refractivity contribution < 1.29 is 9.13 Å². The summed E-state index contributed by atoms with van der Waals surface area (Å²) in [4.78, 5) is 3.98. The molecule has 0 aliphatic heterocycles. The zero-order valence-electron chi connectivity index (χ0n) is 6.37. The Balaban J connectivity index is 2.78. The van der Waals surface area contributed by atoms with Crippen LogP contribution in [0.25, 0.3) is 10.2 Å². The maximum atomic E-state index is 13.3. The van der Waals surface area contributed by atoms with Gasteiger partial charge in [-0.3, -0.25) is 0 Å². The molecule has 0 spiro atoms. The van der Waals surface area contributed by atoms with Crippen molar-refractivity contribution in [3.8, 4) is 5.75 Å². The molecule has 0 radical (unpaired) electrons. The van der Waals surface area contributed by atoms with E-state index in [1.54, 1.807) is 17.6 Å². The summed E-state index contributed by atoms with van der Waals surface area (Å²) < 4.78 is 18.7. The summed E-state index contributed by atoms with van der Waals surface area (Å²) in [5.74, 6) is -0.0516. The fraction of sp³-hybridized carbons (Fsp3) is 0.125. The highest BCUT2D eigenvalue weighted by atomic mass is 32.1.